The molecule has 3 rings (SSSR count). The third-order valence-electron chi connectivity index (χ3n) is 12.1. The second-order valence-electron chi connectivity index (χ2n) is 17.6. The zero-order valence-electron chi connectivity index (χ0n) is 36.8. The summed E-state index contributed by atoms with van der Waals surface area (Å²) in [6.07, 6.45) is -59.4. The van der Waals surface area contributed by atoms with Gasteiger partial charge in [0.2, 0.25) is 0 Å². The standard InChI is InChI=1S/C42H37F24NO4/c1-17-10-21(8-9-24(17)20(15-31(68,35(43,44)45)36(46,47)48)16-32(69,37(49,50)51)38(52,53)54)29(4,5)22-11-18(2)27(25(13-22)33(70,39(55,56)57)40(58,59)60)30(6,7)23-12-19(3)28(67)26(14-23)34(71,41(61,62)63)42(64,65)66/h8-15,68-71H,16,67H2,1-7H3/b20-15+. The van der Waals surface area contributed by atoms with Gasteiger partial charge in [0.25, 0.3) is 22.4 Å². The lowest BCUT2D eigenvalue weighted by Gasteiger charge is -2.41. The number of anilines is 1. The van der Waals surface area contributed by atoms with Crippen molar-refractivity contribution in [2.75, 3.05) is 5.73 Å². The highest BCUT2D eigenvalue weighted by atomic mass is 19.4. The number of aryl methyl sites for hydroxylation is 3. The van der Waals surface area contributed by atoms with Gasteiger partial charge in [0.15, 0.2) is 0 Å². The van der Waals surface area contributed by atoms with Crippen LogP contribution < -0.4 is 5.73 Å². The molecule has 29 heteroatoms. The van der Waals surface area contributed by atoms with Gasteiger partial charge in [-0.15, -0.1) is 0 Å². The first-order chi connectivity index (χ1) is 31.0. The summed E-state index contributed by atoms with van der Waals surface area (Å²) in [6, 6.07) is 2.49. The van der Waals surface area contributed by atoms with Crippen LogP contribution >= 0.6 is 0 Å². The Bertz CT molecular complexity index is 2460. The number of benzene rings is 3. The van der Waals surface area contributed by atoms with Gasteiger partial charge in [-0.1, -0.05) is 64.1 Å². The van der Waals surface area contributed by atoms with Crippen molar-refractivity contribution in [2.24, 2.45) is 0 Å². The Labute approximate surface area is 384 Å². The minimum absolute atomic E-state index is 0.00791. The Balaban J connectivity index is 2.59. The first kappa shape index (κ1) is 60.7. The zero-order chi connectivity index (χ0) is 56.3. The van der Waals surface area contributed by atoms with Crippen LogP contribution in [0.4, 0.5) is 111 Å². The normalized spacial score (nSPS) is 15.5. The highest BCUT2D eigenvalue weighted by Crippen LogP contribution is 2.58. The largest absolute Gasteiger partial charge is 0.430 e. The molecule has 0 aliphatic heterocycles. The first-order valence-electron chi connectivity index (χ1n) is 19.3. The van der Waals surface area contributed by atoms with E-state index < -0.39 is 162 Å². The van der Waals surface area contributed by atoms with E-state index in [1.54, 1.807) is 0 Å². The molecule has 402 valence electrons. The molecule has 3 aromatic rings. The maximum Gasteiger partial charge on any atom is 0.430 e. The molecular formula is C42H37F24NO4. The van der Waals surface area contributed by atoms with Crippen LogP contribution in [0.2, 0.25) is 0 Å². The maximum atomic E-state index is 14.9. The van der Waals surface area contributed by atoms with Gasteiger partial charge < -0.3 is 26.2 Å². The van der Waals surface area contributed by atoms with Crippen LogP contribution in [0.1, 0.15) is 89.8 Å². The topological polar surface area (TPSA) is 107 Å². The maximum absolute atomic E-state index is 14.9. The molecule has 0 amide bonds. The third kappa shape index (κ3) is 9.95. The van der Waals surface area contributed by atoms with Crippen LogP contribution in [-0.4, -0.2) is 81.0 Å². The lowest BCUT2D eigenvalue weighted by molar-refractivity contribution is -0.377. The van der Waals surface area contributed by atoms with Gasteiger partial charge >= 0.3 is 49.4 Å². The Hall–Kier alpha value is -4.64. The van der Waals surface area contributed by atoms with Crippen molar-refractivity contribution in [1.82, 2.24) is 0 Å². The SMILES string of the molecule is Cc1cc(C(C)(C)c2cc(C)c(C(C)(C)c3cc(C)c(N)c(C(O)(C(F)(F)F)C(F)(F)F)c3)c(C(O)(C(F)(F)F)C(F)(F)F)c2)ccc1/C(=C/C(O)(C(F)(F)F)C(F)(F)F)CC(O)(C(F)(F)F)C(F)(F)F. The molecule has 6 N–H and O–H groups in total. The van der Waals surface area contributed by atoms with Crippen LogP contribution in [-0.2, 0) is 22.0 Å². The average Bonchev–Trinajstić information content (AvgIpc) is 3.13. The van der Waals surface area contributed by atoms with E-state index in [1.165, 1.54) is 0 Å². The predicted octanol–water partition coefficient (Wildman–Crippen LogP) is 13.0. The third-order valence-corrected chi connectivity index (χ3v) is 12.1. The van der Waals surface area contributed by atoms with Crippen molar-refractivity contribution in [1.29, 1.82) is 0 Å². The molecule has 0 unspecified atom stereocenters. The van der Waals surface area contributed by atoms with E-state index in [4.69, 9.17) is 5.73 Å². The molecule has 0 saturated carbocycles. The molecule has 3 aromatic carbocycles. The Morgan fingerprint density at radius 1 is 0.437 bits per heavy atom. The summed E-state index contributed by atoms with van der Waals surface area (Å²) in [5, 5.41) is 40.8. The van der Waals surface area contributed by atoms with Gasteiger partial charge in [0.1, 0.15) is 0 Å². The molecule has 0 saturated heterocycles. The van der Waals surface area contributed by atoms with Crippen LogP contribution in [0.5, 0.6) is 0 Å². The highest BCUT2D eigenvalue weighted by Gasteiger charge is 2.75. The van der Waals surface area contributed by atoms with E-state index in [9.17, 15) is 126 Å². The van der Waals surface area contributed by atoms with Crippen LogP contribution in [0.15, 0.2) is 48.5 Å². The van der Waals surface area contributed by atoms with Crippen LogP contribution in [0.25, 0.3) is 5.57 Å². The number of nitrogens with two attached hydrogens (primary N) is 1. The van der Waals surface area contributed by atoms with Gasteiger partial charge in [0.05, 0.1) is 0 Å². The number of nitrogen functional groups attached to an aromatic ring is 1. The minimum atomic E-state index is -6.95. The number of aliphatic hydroxyl groups is 4. The molecule has 5 nitrogen and oxygen atoms in total. The quantitative estimate of drug-likeness (QED) is 0.103. The Kier molecular flexibility index (Phi) is 15.0. The van der Waals surface area contributed by atoms with Crippen molar-refractivity contribution in [3.05, 3.63) is 104 Å². The molecule has 0 bridgehead atoms. The second kappa shape index (κ2) is 17.5. The highest BCUT2D eigenvalue weighted by molar-refractivity contribution is 5.71. The Morgan fingerprint density at radius 3 is 1.15 bits per heavy atom. The molecule has 0 heterocycles. The molecule has 0 aliphatic rings. The van der Waals surface area contributed by atoms with Crippen molar-refractivity contribution < 1.29 is 126 Å². The summed E-state index contributed by atoms with van der Waals surface area (Å²) < 4.78 is 339. The molecule has 0 atom stereocenters. The lowest BCUT2D eigenvalue weighted by Crippen LogP contribution is -2.58. The van der Waals surface area contributed by atoms with Gasteiger partial charge in [-0.2, -0.15) is 105 Å². The van der Waals surface area contributed by atoms with E-state index in [2.05, 4.69) is 0 Å². The summed E-state index contributed by atoms with van der Waals surface area (Å²) in [6.45, 7) is 5.25. The number of hydrogen-bond donors (Lipinski definition) is 5. The molecule has 0 aromatic heterocycles. The van der Waals surface area contributed by atoms with Gasteiger partial charge in [-0.3, -0.25) is 0 Å². The fourth-order valence-corrected chi connectivity index (χ4v) is 7.81. The molecule has 0 aliphatic carbocycles. The Morgan fingerprint density at radius 2 is 0.789 bits per heavy atom. The monoisotopic (exact) mass is 1080 g/mol. The molecule has 0 radical (unpaired) electrons. The fourth-order valence-electron chi connectivity index (χ4n) is 7.81. The van der Waals surface area contributed by atoms with E-state index in [-0.39, 0.29) is 18.2 Å². The summed E-state index contributed by atoms with van der Waals surface area (Å²) in [7, 11) is 0. The summed E-state index contributed by atoms with van der Waals surface area (Å²) in [5.74, 6) is 0. The van der Waals surface area contributed by atoms with E-state index in [0.717, 1.165) is 33.8 Å². The minimum Gasteiger partial charge on any atom is -0.398 e. The van der Waals surface area contributed by atoms with E-state index in [1.807, 2.05) is 0 Å². The van der Waals surface area contributed by atoms with Crippen molar-refractivity contribution in [2.45, 2.75) is 138 Å². The number of rotatable bonds is 10. The number of halogens is 24. The molecule has 71 heavy (non-hydrogen) atoms. The van der Waals surface area contributed by atoms with Gasteiger partial charge in [-0.05, 0) is 83.0 Å². The van der Waals surface area contributed by atoms with Crippen molar-refractivity contribution >= 4 is 11.3 Å². The average molecular weight is 1080 g/mol. The van der Waals surface area contributed by atoms with Gasteiger partial charge in [0, 0.05) is 34.1 Å². The predicted molar refractivity (Wildman–Crippen MR) is 201 cm³/mol. The zero-order valence-corrected chi connectivity index (χ0v) is 36.8. The summed E-state index contributed by atoms with van der Waals surface area (Å²) >= 11 is 0. The fraction of sp³-hybridized carbons (Fsp3) is 0.524. The van der Waals surface area contributed by atoms with E-state index in [0.29, 0.717) is 39.0 Å². The number of hydrogen-bond acceptors (Lipinski definition) is 5. The van der Waals surface area contributed by atoms with Crippen molar-refractivity contribution in [3.63, 3.8) is 0 Å². The summed E-state index contributed by atoms with van der Waals surface area (Å²) in [4.78, 5) is 0. The molecule has 0 spiro atoms. The lowest BCUT2D eigenvalue weighted by atomic mass is 9.67. The van der Waals surface area contributed by atoms with Crippen molar-refractivity contribution in [3.8, 4) is 0 Å². The number of alkyl halides is 24. The molecule has 0 fully saturated rings. The summed E-state index contributed by atoms with van der Waals surface area (Å²) in [5.41, 5.74) is -39.3. The smallest absolute Gasteiger partial charge is 0.398 e. The second-order valence-corrected chi connectivity index (χ2v) is 17.6. The van der Waals surface area contributed by atoms with Crippen LogP contribution in [0, 0.1) is 20.8 Å². The van der Waals surface area contributed by atoms with Gasteiger partial charge in [-0.25, -0.2) is 0 Å². The molecular weight excluding hydrogens is 1040 g/mol. The van der Waals surface area contributed by atoms with E-state index >= 15 is 0 Å². The van der Waals surface area contributed by atoms with Crippen LogP contribution in [0.3, 0.4) is 0 Å². The first-order valence-corrected chi connectivity index (χ1v) is 19.3.